The molecule has 1 aromatic carbocycles. The maximum absolute atomic E-state index is 12.4. The standard InChI is InChI=1S/C16H22N6O2/c1-24-13-5-3-2-4-12(13)10-18-14(23)11-6-8-22(9-7-11)16-19-15(17)20-21-16/h2-5,11H,6-10H2,1H3,(H,18,23)(H3,17,19,20,21). The highest BCUT2D eigenvalue weighted by Crippen LogP contribution is 2.22. The first kappa shape index (κ1) is 16.1. The van der Waals surface area contributed by atoms with Crippen LogP contribution in [0, 0.1) is 5.92 Å². The molecule has 0 unspecified atom stereocenters. The molecule has 0 saturated carbocycles. The van der Waals surface area contributed by atoms with Crippen LogP contribution in [-0.4, -0.2) is 41.3 Å². The number of nitrogens with zero attached hydrogens (tertiary/aromatic N) is 3. The van der Waals surface area contributed by atoms with Gasteiger partial charge in [-0.2, -0.15) is 4.98 Å². The van der Waals surface area contributed by atoms with Crippen LogP contribution in [0.2, 0.25) is 0 Å². The summed E-state index contributed by atoms with van der Waals surface area (Å²) in [5.74, 6) is 1.78. The molecule has 3 rings (SSSR count). The van der Waals surface area contributed by atoms with E-state index in [4.69, 9.17) is 10.5 Å². The second-order valence-electron chi connectivity index (χ2n) is 5.81. The fraction of sp³-hybridized carbons (Fsp3) is 0.438. The zero-order chi connectivity index (χ0) is 16.9. The van der Waals surface area contributed by atoms with Crippen molar-refractivity contribution in [2.24, 2.45) is 5.92 Å². The summed E-state index contributed by atoms with van der Waals surface area (Å²) in [6.45, 7) is 1.95. The first-order chi connectivity index (χ1) is 11.7. The van der Waals surface area contributed by atoms with E-state index >= 15 is 0 Å². The van der Waals surface area contributed by atoms with Gasteiger partial charge in [0.2, 0.25) is 17.8 Å². The van der Waals surface area contributed by atoms with E-state index in [-0.39, 0.29) is 11.8 Å². The summed E-state index contributed by atoms with van der Waals surface area (Å²) in [6, 6.07) is 7.69. The number of amides is 1. The van der Waals surface area contributed by atoms with Gasteiger partial charge < -0.3 is 20.7 Å². The highest BCUT2D eigenvalue weighted by Gasteiger charge is 2.26. The van der Waals surface area contributed by atoms with Crippen molar-refractivity contribution in [2.75, 3.05) is 30.8 Å². The molecule has 0 radical (unpaired) electrons. The van der Waals surface area contributed by atoms with E-state index < -0.39 is 0 Å². The summed E-state index contributed by atoms with van der Waals surface area (Å²) < 4.78 is 5.30. The molecule has 128 valence electrons. The van der Waals surface area contributed by atoms with Crippen LogP contribution in [0.4, 0.5) is 11.9 Å². The molecule has 0 atom stereocenters. The molecule has 1 fully saturated rings. The fourth-order valence-corrected chi connectivity index (χ4v) is 2.92. The molecule has 2 aromatic rings. The van der Waals surface area contributed by atoms with Crippen molar-refractivity contribution in [1.82, 2.24) is 20.5 Å². The van der Waals surface area contributed by atoms with Crippen LogP contribution in [-0.2, 0) is 11.3 Å². The summed E-state index contributed by atoms with van der Waals surface area (Å²) in [6.07, 6.45) is 1.54. The summed E-state index contributed by atoms with van der Waals surface area (Å²) in [7, 11) is 1.63. The van der Waals surface area contributed by atoms with Gasteiger partial charge in [-0.15, -0.1) is 5.10 Å². The first-order valence-electron chi connectivity index (χ1n) is 8.00. The van der Waals surface area contributed by atoms with Crippen molar-refractivity contribution in [1.29, 1.82) is 0 Å². The molecular formula is C16H22N6O2. The minimum Gasteiger partial charge on any atom is -0.496 e. The molecule has 1 aliphatic rings. The van der Waals surface area contributed by atoms with E-state index in [0.29, 0.717) is 18.4 Å². The molecule has 0 aliphatic carbocycles. The minimum atomic E-state index is 0.00671. The fourth-order valence-electron chi connectivity index (χ4n) is 2.92. The number of H-pyrrole nitrogens is 1. The lowest BCUT2D eigenvalue weighted by molar-refractivity contribution is -0.125. The van der Waals surface area contributed by atoms with Gasteiger partial charge in [-0.3, -0.25) is 4.79 Å². The number of nitrogens with one attached hydrogen (secondary N) is 2. The van der Waals surface area contributed by atoms with Gasteiger partial charge in [0, 0.05) is 31.1 Å². The van der Waals surface area contributed by atoms with Crippen molar-refractivity contribution in [2.45, 2.75) is 19.4 Å². The highest BCUT2D eigenvalue weighted by atomic mass is 16.5. The number of aromatic amines is 1. The monoisotopic (exact) mass is 330 g/mol. The lowest BCUT2D eigenvalue weighted by Gasteiger charge is -2.30. The molecule has 4 N–H and O–H groups in total. The number of methoxy groups -OCH3 is 1. The smallest absolute Gasteiger partial charge is 0.246 e. The summed E-state index contributed by atoms with van der Waals surface area (Å²) in [4.78, 5) is 18.6. The van der Waals surface area contributed by atoms with E-state index in [1.54, 1.807) is 7.11 Å². The largest absolute Gasteiger partial charge is 0.496 e. The van der Waals surface area contributed by atoms with Gasteiger partial charge in [0.25, 0.3) is 0 Å². The third-order valence-electron chi connectivity index (χ3n) is 4.29. The molecule has 0 bridgehead atoms. The average Bonchev–Trinajstić information content (AvgIpc) is 3.06. The number of para-hydroxylation sites is 1. The minimum absolute atomic E-state index is 0.00671. The number of benzene rings is 1. The van der Waals surface area contributed by atoms with Crippen LogP contribution < -0.4 is 20.7 Å². The number of nitrogens with two attached hydrogens (primary N) is 1. The molecule has 8 heteroatoms. The van der Waals surface area contributed by atoms with E-state index in [1.165, 1.54) is 0 Å². The van der Waals surface area contributed by atoms with Crippen molar-refractivity contribution in [3.63, 3.8) is 0 Å². The lowest BCUT2D eigenvalue weighted by Crippen LogP contribution is -2.40. The lowest BCUT2D eigenvalue weighted by atomic mass is 9.96. The van der Waals surface area contributed by atoms with Gasteiger partial charge in [-0.1, -0.05) is 18.2 Å². The number of ether oxygens (including phenoxy) is 1. The van der Waals surface area contributed by atoms with Gasteiger partial charge in [-0.25, -0.2) is 5.10 Å². The Hall–Kier alpha value is -2.77. The Morgan fingerprint density at radius 3 is 2.83 bits per heavy atom. The van der Waals surface area contributed by atoms with E-state index in [9.17, 15) is 4.79 Å². The SMILES string of the molecule is COc1ccccc1CNC(=O)C1CCN(c2n[nH]c(N)n2)CC1. The zero-order valence-corrected chi connectivity index (χ0v) is 13.7. The molecule has 24 heavy (non-hydrogen) atoms. The second kappa shape index (κ2) is 7.20. The van der Waals surface area contributed by atoms with Crippen molar-refractivity contribution >= 4 is 17.8 Å². The van der Waals surface area contributed by atoms with Gasteiger partial charge >= 0.3 is 0 Å². The molecule has 0 spiro atoms. The maximum atomic E-state index is 12.4. The summed E-state index contributed by atoms with van der Waals surface area (Å²) in [5.41, 5.74) is 6.52. The number of nitrogen functional groups attached to an aromatic ring is 1. The summed E-state index contributed by atoms with van der Waals surface area (Å²) >= 11 is 0. The van der Waals surface area contributed by atoms with Crippen LogP contribution in [0.15, 0.2) is 24.3 Å². The predicted molar refractivity (Wildman–Crippen MR) is 90.6 cm³/mol. The number of anilines is 2. The molecule has 1 amide bonds. The Labute approximate surface area is 140 Å². The van der Waals surface area contributed by atoms with Crippen LogP contribution in [0.5, 0.6) is 5.75 Å². The number of carbonyl (C=O) groups excluding carboxylic acids is 1. The molecule has 1 saturated heterocycles. The highest BCUT2D eigenvalue weighted by molar-refractivity contribution is 5.79. The Kier molecular flexibility index (Phi) is 4.83. The molecule has 1 aliphatic heterocycles. The van der Waals surface area contributed by atoms with Crippen LogP contribution in [0.1, 0.15) is 18.4 Å². The van der Waals surface area contributed by atoms with Gasteiger partial charge in [0.05, 0.1) is 7.11 Å². The normalized spacial score (nSPS) is 15.3. The first-order valence-corrected chi connectivity index (χ1v) is 8.00. The Morgan fingerprint density at radius 1 is 1.42 bits per heavy atom. The number of hydrogen-bond donors (Lipinski definition) is 3. The Balaban J connectivity index is 1.50. The van der Waals surface area contributed by atoms with E-state index in [0.717, 1.165) is 37.2 Å². The second-order valence-corrected chi connectivity index (χ2v) is 5.81. The quantitative estimate of drug-likeness (QED) is 0.752. The molecule has 8 nitrogen and oxygen atoms in total. The van der Waals surface area contributed by atoms with E-state index in [2.05, 4.69) is 20.5 Å². The van der Waals surface area contributed by atoms with Crippen LogP contribution >= 0.6 is 0 Å². The van der Waals surface area contributed by atoms with Crippen LogP contribution in [0.25, 0.3) is 0 Å². The van der Waals surface area contributed by atoms with Crippen molar-refractivity contribution in [3.05, 3.63) is 29.8 Å². The summed E-state index contributed by atoms with van der Waals surface area (Å²) in [5, 5.41) is 9.70. The number of hydrogen-bond acceptors (Lipinski definition) is 6. The Morgan fingerprint density at radius 2 is 2.17 bits per heavy atom. The number of piperidine rings is 1. The number of rotatable bonds is 5. The topological polar surface area (TPSA) is 109 Å². The third kappa shape index (κ3) is 3.58. The zero-order valence-electron chi connectivity index (χ0n) is 13.7. The van der Waals surface area contributed by atoms with Gasteiger partial charge in [0.15, 0.2) is 0 Å². The Bertz CT molecular complexity index is 693. The predicted octanol–water partition coefficient (Wildman–Crippen LogP) is 0.928. The number of aromatic nitrogens is 3. The van der Waals surface area contributed by atoms with Crippen molar-refractivity contribution in [3.8, 4) is 5.75 Å². The van der Waals surface area contributed by atoms with Crippen molar-refractivity contribution < 1.29 is 9.53 Å². The molecule has 2 heterocycles. The molecular weight excluding hydrogens is 308 g/mol. The van der Waals surface area contributed by atoms with E-state index in [1.807, 2.05) is 29.2 Å². The number of carbonyl (C=O) groups is 1. The van der Waals surface area contributed by atoms with Gasteiger partial charge in [-0.05, 0) is 18.9 Å². The third-order valence-corrected chi connectivity index (χ3v) is 4.29. The average molecular weight is 330 g/mol. The van der Waals surface area contributed by atoms with Crippen LogP contribution in [0.3, 0.4) is 0 Å². The van der Waals surface area contributed by atoms with Gasteiger partial charge in [0.1, 0.15) is 5.75 Å². The molecule has 1 aromatic heterocycles. The maximum Gasteiger partial charge on any atom is 0.246 e.